The summed E-state index contributed by atoms with van der Waals surface area (Å²) in [7, 11) is 0. The maximum atomic E-state index is 4.71. The average Bonchev–Trinajstić information content (AvgIpc) is 2.93. The van der Waals surface area contributed by atoms with Gasteiger partial charge in [0.05, 0.1) is 21.9 Å². The molecule has 2 aromatic rings. The van der Waals surface area contributed by atoms with Crippen LogP contribution in [0.15, 0.2) is 10.9 Å². The van der Waals surface area contributed by atoms with Crippen LogP contribution in [0.25, 0.3) is 0 Å². The molecule has 0 bridgehead atoms. The fraction of sp³-hybridized carbons (Fsp3) is 0.571. The molecule has 5 heteroatoms. The highest BCUT2D eigenvalue weighted by molar-refractivity contribution is 7.12. The van der Waals surface area contributed by atoms with Gasteiger partial charge in [-0.25, -0.2) is 9.97 Å². The molecular weight excluding hydrogens is 274 g/mol. The number of thiazole rings is 2. The Morgan fingerprint density at radius 2 is 2.11 bits per heavy atom. The molecule has 1 N–H and O–H groups in total. The molecule has 1 atom stereocenters. The standard InChI is InChI=1S/C14H21N3S2/c1-9(15-6-11-7-18-8-16-11)12-10(2)17-13(19-12)14(3,4)5/h7-9,15H,6H2,1-5H3. The summed E-state index contributed by atoms with van der Waals surface area (Å²) < 4.78 is 0. The van der Waals surface area contributed by atoms with Gasteiger partial charge in [0, 0.05) is 28.3 Å². The van der Waals surface area contributed by atoms with Gasteiger partial charge in [-0.05, 0) is 13.8 Å². The van der Waals surface area contributed by atoms with Crippen LogP contribution in [0.2, 0.25) is 0 Å². The van der Waals surface area contributed by atoms with Gasteiger partial charge in [0.2, 0.25) is 0 Å². The van der Waals surface area contributed by atoms with Gasteiger partial charge in [-0.15, -0.1) is 22.7 Å². The molecule has 19 heavy (non-hydrogen) atoms. The summed E-state index contributed by atoms with van der Waals surface area (Å²) in [5, 5.41) is 6.82. The van der Waals surface area contributed by atoms with Gasteiger partial charge in [0.1, 0.15) is 0 Å². The van der Waals surface area contributed by atoms with Crippen molar-refractivity contribution in [2.24, 2.45) is 0 Å². The van der Waals surface area contributed by atoms with Crippen LogP contribution < -0.4 is 5.32 Å². The smallest absolute Gasteiger partial charge is 0.0985 e. The predicted molar refractivity (Wildman–Crippen MR) is 82.9 cm³/mol. The summed E-state index contributed by atoms with van der Waals surface area (Å²) in [6.45, 7) is 11.7. The second-order valence-electron chi connectivity index (χ2n) is 5.80. The molecule has 0 spiro atoms. The van der Waals surface area contributed by atoms with E-state index in [4.69, 9.17) is 4.98 Å². The zero-order valence-corrected chi connectivity index (χ0v) is 13.8. The molecule has 0 saturated heterocycles. The molecule has 0 aliphatic rings. The van der Waals surface area contributed by atoms with Crippen molar-refractivity contribution in [1.29, 1.82) is 0 Å². The van der Waals surface area contributed by atoms with Crippen molar-refractivity contribution in [3.63, 3.8) is 0 Å². The monoisotopic (exact) mass is 295 g/mol. The first-order valence-electron chi connectivity index (χ1n) is 6.46. The molecule has 1 unspecified atom stereocenters. The molecule has 2 aromatic heterocycles. The summed E-state index contributed by atoms with van der Waals surface area (Å²) in [6.07, 6.45) is 0. The Labute approximate surface area is 123 Å². The molecule has 0 fully saturated rings. The van der Waals surface area contributed by atoms with Crippen LogP contribution in [0, 0.1) is 6.92 Å². The first kappa shape index (κ1) is 14.6. The zero-order valence-electron chi connectivity index (χ0n) is 12.2. The van der Waals surface area contributed by atoms with E-state index in [1.165, 1.54) is 9.88 Å². The molecule has 0 amide bonds. The van der Waals surface area contributed by atoms with Crippen LogP contribution in [0.4, 0.5) is 0 Å². The van der Waals surface area contributed by atoms with Crippen molar-refractivity contribution in [3.05, 3.63) is 32.2 Å². The lowest BCUT2D eigenvalue weighted by Crippen LogP contribution is -2.18. The Balaban J connectivity index is 2.06. The van der Waals surface area contributed by atoms with E-state index < -0.39 is 0 Å². The van der Waals surface area contributed by atoms with Crippen LogP contribution >= 0.6 is 22.7 Å². The van der Waals surface area contributed by atoms with E-state index in [1.807, 2.05) is 16.8 Å². The Morgan fingerprint density at radius 3 is 2.63 bits per heavy atom. The van der Waals surface area contributed by atoms with Crippen molar-refractivity contribution in [3.8, 4) is 0 Å². The number of rotatable bonds is 4. The highest BCUT2D eigenvalue weighted by Gasteiger charge is 2.22. The van der Waals surface area contributed by atoms with Gasteiger partial charge in [-0.1, -0.05) is 20.8 Å². The number of nitrogens with one attached hydrogen (secondary N) is 1. The lowest BCUT2D eigenvalue weighted by molar-refractivity contribution is 0.572. The van der Waals surface area contributed by atoms with Crippen molar-refractivity contribution in [2.45, 2.75) is 52.6 Å². The second-order valence-corrected chi connectivity index (χ2v) is 7.55. The van der Waals surface area contributed by atoms with Crippen LogP contribution in [0.1, 0.15) is 55.0 Å². The van der Waals surface area contributed by atoms with Crippen molar-refractivity contribution in [1.82, 2.24) is 15.3 Å². The van der Waals surface area contributed by atoms with E-state index in [0.717, 1.165) is 17.9 Å². The van der Waals surface area contributed by atoms with Crippen LogP contribution in [-0.2, 0) is 12.0 Å². The molecule has 0 aliphatic heterocycles. The van der Waals surface area contributed by atoms with Gasteiger partial charge < -0.3 is 5.32 Å². The fourth-order valence-corrected chi connectivity index (χ4v) is 3.51. The summed E-state index contributed by atoms with van der Waals surface area (Å²) in [4.78, 5) is 10.3. The molecular formula is C14H21N3S2. The Kier molecular flexibility index (Phi) is 4.38. The van der Waals surface area contributed by atoms with E-state index in [9.17, 15) is 0 Å². The van der Waals surface area contributed by atoms with Crippen molar-refractivity contribution < 1.29 is 0 Å². The molecule has 3 nitrogen and oxygen atoms in total. The largest absolute Gasteiger partial charge is 0.304 e. The molecule has 0 saturated carbocycles. The van der Waals surface area contributed by atoms with Crippen LogP contribution in [-0.4, -0.2) is 9.97 Å². The van der Waals surface area contributed by atoms with E-state index in [1.54, 1.807) is 11.3 Å². The third-order valence-corrected chi connectivity index (χ3v) is 5.34. The highest BCUT2D eigenvalue weighted by Crippen LogP contribution is 2.32. The Hall–Kier alpha value is -0.780. The van der Waals surface area contributed by atoms with Crippen molar-refractivity contribution >= 4 is 22.7 Å². The fourth-order valence-electron chi connectivity index (χ4n) is 1.81. The van der Waals surface area contributed by atoms with Crippen LogP contribution in [0.3, 0.4) is 0 Å². The average molecular weight is 295 g/mol. The Morgan fingerprint density at radius 1 is 1.37 bits per heavy atom. The Bertz CT molecular complexity index is 523. The van der Waals surface area contributed by atoms with E-state index in [2.05, 4.69) is 50.3 Å². The first-order chi connectivity index (χ1) is 8.88. The van der Waals surface area contributed by atoms with Gasteiger partial charge in [-0.2, -0.15) is 0 Å². The minimum Gasteiger partial charge on any atom is -0.304 e. The summed E-state index contributed by atoms with van der Waals surface area (Å²) in [5.41, 5.74) is 4.25. The molecule has 2 rings (SSSR count). The minimum atomic E-state index is 0.127. The maximum absolute atomic E-state index is 4.71. The van der Waals surface area contributed by atoms with Gasteiger partial charge in [-0.3, -0.25) is 0 Å². The zero-order chi connectivity index (χ0) is 14.0. The number of aryl methyl sites for hydroxylation is 1. The maximum Gasteiger partial charge on any atom is 0.0985 e. The molecule has 2 heterocycles. The third kappa shape index (κ3) is 3.61. The van der Waals surface area contributed by atoms with Crippen molar-refractivity contribution in [2.75, 3.05) is 0 Å². The molecule has 0 aliphatic carbocycles. The van der Waals surface area contributed by atoms with Gasteiger partial charge >= 0.3 is 0 Å². The lowest BCUT2D eigenvalue weighted by atomic mass is 9.98. The van der Waals surface area contributed by atoms with Crippen LogP contribution in [0.5, 0.6) is 0 Å². The predicted octanol–water partition coefficient (Wildman–Crippen LogP) is 4.06. The van der Waals surface area contributed by atoms with Gasteiger partial charge in [0.15, 0.2) is 0 Å². The lowest BCUT2D eigenvalue weighted by Gasteiger charge is -2.14. The molecule has 104 valence electrons. The number of hydrogen-bond donors (Lipinski definition) is 1. The van der Waals surface area contributed by atoms with Gasteiger partial charge in [0.25, 0.3) is 0 Å². The second kappa shape index (κ2) is 5.69. The summed E-state index contributed by atoms with van der Waals surface area (Å²) >= 11 is 3.46. The normalized spacial score (nSPS) is 13.7. The van der Waals surface area contributed by atoms with E-state index in [-0.39, 0.29) is 5.41 Å². The highest BCUT2D eigenvalue weighted by atomic mass is 32.1. The SMILES string of the molecule is Cc1nc(C(C)(C)C)sc1C(C)NCc1cscn1. The topological polar surface area (TPSA) is 37.8 Å². The molecule has 0 aromatic carbocycles. The van der Waals surface area contributed by atoms with E-state index >= 15 is 0 Å². The third-order valence-electron chi connectivity index (χ3n) is 2.94. The summed E-state index contributed by atoms with van der Waals surface area (Å²) in [5.74, 6) is 0. The minimum absolute atomic E-state index is 0.127. The molecule has 0 radical (unpaired) electrons. The first-order valence-corrected chi connectivity index (χ1v) is 8.22. The number of hydrogen-bond acceptors (Lipinski definition) is 5. The quantitative estimate of drug-likeness (QED) is 0.924. The number of nitrogens with zero attached hydrogens (tertiary/aromatic N) is 2. The number of aromatic nitrogens is 2. The van der Waals surface area contributed by atoms with E-state index in [0.29, 0.717) is 6.04 Å². The summed E-state index contributed by atoms with van der Waals surface area (Å²) in [6, 6.07) is 0.315.